The second-order valence-electron chi connectivity index (χ2n) is 3.91. The van der Waals surface area contributed by atoms with Gasteiger partial charge in [-0.15, -0.1) is 0 Å². The van der Waals surface area contributed by atoms with Crippen LogP contribution in [-0.4, -0.2) is 31.7 Å². The van der Waals surface area contributed by atoms with Crippen LogP contribution in [-0.2, 0) is 0 Å². The summed E-state index contributed by atoms with van der Waals surface area (Å²) in [7, 11) is 4.30. The SMILES string of the molecule is C[N+](C)(CCCC#N)CCCC#N.[I-]. The maximum absolute atomic E-state index is 8.38. The number of rotatable bonds is 6. The summed E-state index contributed by atoms with van der Waals surface area (Å²) in [5.74, 6) is 0. The van der Waals surface area contributed by atoms with Gasteiger partial charge in [0.25, 0.3) is 0 Å². The van der Waals surface area contributed by atoms with Crippen LogP contribution in [0.4, 0.5) is 0 Å². The van der Waals surface area contributed by atoms with Crippen molar-refractivity contribution in [2.75, 3.05) is 27.2 Å². The highest BCUT2D eigenvalue weighted by molar-refractivity contribution is 4.69. The molecule has 0 aromatic heterocycles. The van der Waals surface area contributed by atoms with Crippen molar-refractivity contribution in [1.82, 2.24) is 0 Å². The zero-order valence-corrected chi connectivity index (χ0v) is 11.1. The highest BCUT2D eigenvalue weighted by atomic mass is 127. The lowest BCUT2D eigenvalue weighted by molar-refractivity contribution is -0.890. The minimum atomic E-state index is 0. The molecule has 0 aromatic carbocycles. The first-order chi connectivity index (χ1) is 6.12. The lowest BCUT2D eigenvalue weighted by Gasteiger charge is -2.29. The van der Waals surface area contributed by atoms with E-state index in [9.17, 15) is 0 Å². The first-order valence-electron chi connectivity index (χ1n) is 4.68. The number of quaternary nitrogens is 1. The van der Waals surface area contributed by atoms with Gasteiger partial charge in [-0.05, 0) is 0 Å². The third-order valence-corrected chi connectivity index (χ3v) is 2.10. The van der Waals surface area contributed by atoms with Crippen molar-refractivity contribution < 1.29 is 28.5 Å². The lowest BCUT2D eigenvalue weighted by Crippen LogP contribution is -3.00. The van der Waals surface area contributed by atoms with Gasteiger partial charge >= 0.3 is 0 Å². The van der Waals surface area contributed by atoms with Gasteiger partial charge in [0.15, 0.2) is 0 Å². The van der Waals surface area contributed by atoms with E-state index in [4.69, 9.17) is 10.5 Å². The molecular formula is C10H18IN3. The third-order valence-electron chi connectivity index (χ3n) is 2.10. The van der Waals surface area contributed by atoms with E-state index in [0.717, 1.165) is 30.4 Å². The van der Waals surface area contributed by atoms with Crippen LogP contribution >= 0.6 is 0 Å². The fourth-order valence-corrected chi connectivity index (χ4v) is 1.28. The van der Waals surface area contributed by atoms with Gasteiger partial charge in [0, 0.05) is 25.7 Å². The molecule has 0 fully saturated rings. The summed E-state index contributed by atoms with van der Waals surface area (Å²) in [6, 6.07) is 4.29. The maximum Gasteiger partial charge on any atom is 0.0792 e. The van der Waals surface area contributed by atoms with Gasteiger partial charge in [-0.3, -0.25) is 0 Å². The second kappa shape index (κ2) is 9.23. The van der Waals surface area contributed by atoms with Crippen LogP contribution in [0.15, 0.2) is 0 Å². The van der Waals surface area contributed by atoms with Crippen molar-refractivity contribution in [3.8, 4) is 12.1 Å². The molecule has 0 saturated carbocycles. The molecule has 0 aliphatic carbocycles. The maximum atomic E-state index is 8.38. The summed E-state index contributed by atoms with van der Waals surface area (Å²) in [5.41, 5.74) is 0. The summed E-state index contributed by atoms with van der Waals surface area (Å²) in [6.45, 7) is 2.05. The van der Waals surface area contributed by atoms with Gasteiger partial charge < -0.3 is 28.5 Å². The predicted molar refractivity (Wildman–Crippen MR) is 51.5 cm³/mol. The Kier molecular flexibility index (Phi) is 10.6. The summed E-state index contributed by atoms with van der Waals surface area (Å²) in [6.07, 6.45) is 3.19. The standard InChI is InChI=1S/C10H18N3.HI/c1-13(2,9-5-3-7-11)10-6-4-8-12;/h3-6,9-10H2,1-2H3;1H/q+1;/p-1. The molecule has 0 heterocycles. The molecule has 0 aromatic rings. The first kappa shape index (κ1) is 16.1. The van der Waals surface area contributed by atoms with Gasteiger partial charge in [0.05, 0.1) is 39.3 Å². The summed E-state index contributed by atoms with van der Waals surface area (Å²) in [4.78, 5) is 0. The van der Waals surface area contributed by atoms with Gasteiger partial charge in [-0.1, -0.05) is 0 Å². The van der Waals surface area contributed by atoms with Crippen LogP contribution in [0.3, 0.4) is 0 Å². The number of halogens is 1. The molecule has 80 valence electrons. The van der Waals surface area contributed by atoms with E-state index in [-0.39, 0.29) is 24.0 Å². The van der Waals surface area contributed by atoms with E-state index in [1.165, 1.54) is 0 Å². The molecule has 0 aliphatic heterocycles. The van der Waals surface area contributed by atoms with E-state index in [0.29, 0.717) is 12.8 Å². The monoisotopic (exact) mass is 307 g/mol. The molecule has 0 saturated heterocycles. The lowest BCUT2D eigenvalue weighted by atomic mass is 10.2. The van der Waals surface area contributed by atoms with Gasteiger partial charge in [0.2, 0.25) is 0 Å². The van der Waals surface area contributed by atoms with Crippen LogP contribution in [0.5, 0.6) is 0 Å². The van der Waals surface area contributed by atoms with Crippen LogP contribution in [0.25, 0.3) is 0 Å². The Labute approximate surface area is 104 Å². The van der Waals surface area contributed by atoms with E-state index >= 15 is 0 Å². The molecule has 3 nitrogen and oxygen atoms in total. The fourth-order valence-electron chi connectivity index (χ4n) is 1.28. The Balaban J connectivity index is 0. The topological polar surface area (TPSA) is 47.6 Å². The van der Waals surface area contributed by atoms with Crippen molar-refractivity contribution in [3.63, 3.8) is 0 Å². The molecule has 0 rings (SSSR count). The molecular weight excluding hydrogens is 289 g/mol. The van der Waals surface area contributed by atoms with Crippen molar-refractivity contribution >= 4 is 0 Å². The summed E-state index contributed by atoms with van der Waals surface area (Å²) in [5, 5.41) is 16.8. The molecule has 4 heteroatoms. The van der Waals surface area contributed by atoms with E-state index < -0.39 is 0 Å². The van der Waals surface area contributed by atoms with Gasteiger partial charge in [-0.2, -0.15) is 10.5 Å². The minimum absolute atomic E-state index is 0. The number of hydrogen-bond donors (Lipinski definition) is 0. The zero-order chi connectivity index (χ0) is 10.2. The number of hydrogen-bond acceptors (Lipinski definition) is 2. The average Bonchev–Trinajstić information content (AvgIpc) is 2.05. The number of nitrogens with zero attached hydrogens (tertiary/aromatic N) is 3. The first-order valence-corrected chi connectivity index (χ1v) is 4.68. The Morgan fingerprint density at radius 2 is 1.29 bits per heavy atom. The summed E-state index contributed by atoms with van der Waals surface area (Å²) >= 11 is 0. The van der Waals surface area contributed by atoms with E-state index in [1.54, 1.807) is 0 Å². The van der Waals surface area contributed by atoms with E-state index in [1.807, 2.05) is 0 Å². The summed E-state index contributed by atoms with van der Waals surface area (Å²) < 4.78 is 0.920. The largest absolute Gasteiger partial charge is 1.00 e. The Bertz CT molecular complexity index is 190. The Morgan fingerprint density at radius 3 is 1.57 bits per heavy atom. The van der Waals surface area contributed by atoms with Gasteiger partial charge in [-0.25, -0.2) is 0 Å². The smallest absolute Gasteiger partial charge is 0.0792 e. The molecule has 0 spiro atoms. The normalized spacial score (nSPS) is 9.71. The van der Waals surface area contributed by atoms with Crippen LogP contribution in [0.2, 0.25) is 0 Å². The zero-order valence-electron chi connectivity index (χ0n) is 8.96. The predicted octanol–water partition coefficient (Wildman–Crippen LogP) is -1.33. The molecule has 0 radical (unpaired) electrons. The van der Waals surface area contributed by atoms with Crippen molar-refractivity contribution in [1.29, 1.82) is 10.5 Å². The molecule has 14 heavy (non-hydrogen) atoms. The highest BCUT2D eigenvalue weighted by Crippen LogP contribution is 2.04. The number of unbranched alkanes of at least 4 members (excludes halogenated alkanes) is 2. The Morgan fingerprint density at radius 1 is 0.929 bits per heavy atom. The van der Waals surface area contributed by atoms with Crippen LogP contribution < -0.4 is 24.0 Å². The van der Waals surface area contributed by atoms with Crippen LogP contribution in [0, 0.1) is 22.7 Å². The molecule has 0 aliphatic rings. The fraction of sp³-hybridized carbons (Fsp3) is 0.800. The Hall–Kier alpha value is -0.330. The highest BCUT2D eigenvalue weighted by Gasteiger charge is 2.13. The quantitative estimate of drug-likeness (QED) is 0.347. The average molecular weight is 307 g/mol. The van der Waals surface area contributed by atoms with Crippen LogP contribution in [0.1, 0.15) is 25.7 Å². The van der Waals surface area contributed by atoms with E-state index in [2.05, 4.69) is 26.2 Å². The molecule has 0 N–H and O–H groups in total. The van der Waals surface area contributed by atoms with Gasteiger partial charge in [0.1, 0.15) is 0 Å². The molecule has 0 atom stereocenters. The van der Waals surface area contributed by atoms with Crippen molar-refractivity contribution in [3.05, 3.63) is 0 Å². The third kappa shape index (κ3) is 9.76. The second-order valence-corrected chi connectivity index (χ2v) is 3.91. The minimum Gasteiger partial charge on any atom is -1.00 e. The number of nitriles is 2. The van der Waals surface area contributed by atoms with Crippen molar-refractivity contribution in [2.24, 2.45) is 0 Å². The molecule has 0 unspecified atom stereocenters. The van der Waals surface area contributed by atoms with Crippen molar-refractivity contribution in [2.45, 2.75) is 25.7 Å². The molecule has 0 amide bonds. The molecule has 0 bridgehead atoms.